The lowest BCUT2D eigenvalue weighted by Gasteiger charge is -2.25. The van der Waals surface area contributed by atoms with Crippen LogP contribution >= 0.6 is 0 Å². The molecular formula is C33H40N+. The average Bonchev–Trinajstić information content (AvgIpc) is 2.80. The molecule has 0 bridgehead atoms. The Morgan fingerprint density at radius 1 is 0.765 bits per heavy atom. The SMILES string of the molecule is [2H]c1cc2cc(C(C(C)C)C(C)C)ccc2c(-c2cc(-c3ccccc3)cc(C(C)C)c2C)[n+]1C. The van der Waals surface area contributed by atoms with Crippen molar-refractivity contribution in [2.24, 2.45) is 18.9 Å². The van der Waals surface area contributed by atoms with E-state index in [4.69, 9.17) is 1.37 Å². The first kappa shape index (κ1) is 22.8. The summed E-state index contributed by atoms with van der Waals surface area (Å²) in [5.74, 6) is 2.06. The summed E-state index contributed by atoms with van der Waals surface area (Å²) >= 11 is 0. The molecule has 0 fully saturated rings. The monoisotopic (exact) mass is 451 g/mol. The highest BCUT2D eigenvalue weighted by Gasteiger charge is 2.24. The van der Waals surface area contributed by atoms with Crippen molar-refractivity contribution in [1.82, 2.24) is 0 Å². The zero-order chi connectivity index (χ0) is 25.4. The van der Waals surface area contributed by atoms with Gasteiger partial charge in [-0.1, -0.05) is 90.1 Å². The molecule has 0 aliphatic heterocycles. The van der Waals surface area contributed by atoms with E-state index in [1.165, 1.54) is 38.8 Å². The van der Waals surface area contributed by atoms with Crippen molar-refractivity contribution in [2.45, 2.75) is 60.3 Å². The van der Waals surface area contributed by atoms with Crippen LogP contribution in [0.1, 0.15) is 71.4 Å². The molecule has 34 heavy (non-hydrogen) atoms. The molecule has 0 N–H and O–H groups in total. The van der Waals surface area contributed by atoms with E-state index in [-0.39, 0.29) is 0 Å². The first-order valence-electron chi connectivity index (χ1n) is 13.2. The van der Waals surface area contributed by atoms with Crippen molar-refractivity contribution in [3.8, 4) is 22.4 Å². The van der Waals surface area contributed by atoms with Crippen molar-refractivity contribution in [3.05, 3.63) is 89.6 Å². The Morgan fingerprint density at radius 3 is 2.06 bits per heavy atom. The quantitative estimate of drug-likeness (QED) is 0.258. The van der Waals surface area contributed by atoms with Gasteiger partial charge in [0, 0.05) is 6.07 Å². The van der Waals surface area contributed by atoms with Gasteiger partial charge < -0.3 is 0 Å². The summed E-state index contributed by atoms with van der Waals surface area (Å²) in [6.45, 7) is 16.0. The fraction of sp³-hybridized carbons (Fsp3) is 0.364. The highest BCUT2D eigenvalue weighted by atomic mass is 14.9. The summed E-state index contributed by atoms with van der Waals surface area (Å²) in [7, 11) is 2.03. The van der Waals surface area contributed by atoms with E-state index in [0.717, 1.165) is 11.1 Å². The molecule has 4 aromatic rings. The van der Waals surface area contributed by atoms with Gasteiger partial charge in [0.05, 0.1) is 10.9 Å². The van der Waals surface area contributed by atoms with E-state index < -0.39 is 0 Å². The lowest BCUT2D eigenvalue weighted by Crippen LogP contribution is -2.31. The summed E-state index contributed by atoms with van der Waals surface area (Å²) < 4.78 is 10.9. The molecule has 0 spiro atoms. The van der Waals surface area contributed by atoms with Crippen molar-refractivity contribution < 1.29 is 5.94 Å². The number of aromatic nitrogens is 1. The predicted molar refractivity (Wildman–Crippen MR) is 147 cm³/mol. The van der Waals surface area contributed by atoms with Crippen LogP contribution in [0.25, 0.3) is 33.2 Å². The minimum absolute atomic E-state index is 0.414. The maximum Gasteiger partial charge on any atom is 0.220 e. The van der Waals surface area contributed by atoms with Crippen molar-refractivity contribution in [3.63, 3.8) is 0 Å². The fourth-order valence-electron chi connectivity index (χ4n) is 5.78. The van der Waals surface area contributed by atoms with Gasteiger partial charge in [0.15, 0.2) is 6.17 Å². The third-order valence-corrected chi connectivity index (χ3v) is 7.33. The second kappa shape index (κ2) is 9.74. The first-order chi connectivity index (χ1) is 16.6. The molecule has 0 saturated carbocycles. The van der Waals surface area contributed by atoms with Gasteiger partial charge in [-0.3, -0.25) is 0 Å². The Labute approximate surface area is 207 Å². The highest BCUT2D eigenvalue weighted by Crippen LogP contribution is 2.38. The maximum absolute atomic E-state index is 8.83. The molecule has 4 rings (SSSR count). The van der Waals surface area contributed by atoms with Crippen LogP contribution in [0.4, 0.5) is 0 Å². The molecule has 1 aromatic heterocycles. The second-order valence-corrected chi connectivity index (χ2v) is 10.8. The minimum atomic E-state index is 0.414. The molecular weight excluding hydrogens is 410 g/mol. The van der Waals surface area contributed by atoms with Crippen LogP contribution in [0.2, 0.25) is 0 Å². The van der Waals surface area contributed by atoms with Crippen LogP contribution < -0.4 is 4.57 Å². The fourth-order valence-corrected chi connectivity index (χ4v) is 5.78. The van der Waals surface area contributed by atoms with E-state index in [2.05, 4.69) is 109 Å². The van der Waals surface area contributed by atoms with Gasteiger partial charge in [-0.05, 0) is 75.9 Å². The van der Waals surface area contributed by atoms with Crippen molar-refractivity contribution in [1.29, 1.82) is 0 Å². The molecule has 0 aliphatic carbocycles. The standard InChI is InChI=1S/C33H40N/c1-21(2)30-19-28(25-12-10-9-11-13-25)20-31(24(30)7)33-29-15-14-27(32(22(3)4)23(5)6)18-26(29)16-17-34(33)8/h9-23,32H,1-8H3/q+1/i17D. The molecule has 0 aliphatic rings. The Bertz CT molecular complexity index is 1340. The van der Waals surface area contributed by atoms with E-state index in [1.54, 1.807) is 0 Å². The van der Waals surface area contributed by atoms with Crippen molar-refractivity contribution in [2.75, 3.05) is 0 Å². The molecule has 0 radical (unpaired) electrons. The summed E-state index contributed by atoms with van der Waals surface area (Å²) in [6.07, 6.45) is 0.533. The Balaban J connectivity index is 2.02. The number of fused-ring (bicyclic) bond motifs is 1. The Kier molecular flexibility index (Phi) is 6.55. The molecule has 1 heteroatoms. The molecule has 1 heterocycles. The van der Waals surface area contributed by atoms with Gasteiger partial charge in [-0.25, -0.2) is 4.57 Å². The van der Waals surface area contributed by atoms with Crippen LogP contribution in [0.5, 0.6) is 0 Å². The van der Waals surface area contributed by atoms with Crippen LogP contribution in [0, 0.1) is 18.8 Å². The number of pyridine rings is 1. The summed E-state index contributed by atoms with van der Waals surface area (Å²) in [4.78, 5) is 0. The normalized spacial score (nSPS) is 12.4. The van der Waals surface area contributed by atoms with Gasteiger partial charge in [-0.15, -0.1) is 0 Å². The van der Waals surface area contributed by atoms with E-state index in [9.17, 15) is 0 Å². The van der Waals surface area contributed by atoms with Crippen LogP contribution in [0.15, 0.2) is 72.9 Å². The minimum Gasteiger partial charge on any atom is -0.200 e. The largest absolute Gasteiger partial charge is 0.220 e. The first-order valence-corrected chi connectivity index (χ1v) is 12.7. The number of hydrogen-bond acceptors (Lipinski definition) is 0. The molecule has 3 aromatic carbocycles. The molecule has 176 valence electrons. The van der Waals surface area contributed by atoms with E-state index in [1.807, 2.05) is 17.7 Å². The molecule has 0 unspecified atom stereocenters. The van der Waals surface area contributed by atoms with Crippen LogP contribution in [-0.2, 0) is 7.05 Å². The molecule has 0 saturated heterocycles. The lowest BCUT2D eigenvalue weighted by molar-refractivity contribution is -0.659. The average molecular weight is 452 g/mol. The van der Waals surface area contributed by atoms with Crippen molar-refractivity contribution >= 4 is 10.8 Å². The third kappa shape index (κ3) is 4.53. The van der Waals surface area contributed by atoms with E-state index in [0.29, 0.717) is 29.8 Å². The molecule has 1 nitrogen and oxygen atoms in total. The number of hydrogen-bond donors (Lipinski definition) is 0. The highest BCUT2D eigenvalue weighted by molar-refractivity contribution is 5.95. The van der Waals surface area contributed by atoms with Gasteiger partial charge in [-0.2, -0.15) is 0 Å². The summed E-state index contributed by atoms with van der Waals surface area (Å²) in [5, 5.41) is 2.36. The van der Waals surface area contributed by atoms with Crippen LogP contribution in [0.3, 0.4) is 0 Å². The topological polar surface area (TPSA) is 3.88 Å². The summed E-state index contributed by atoms with van der Waals surface area (Å²) in [6, 6.07) is 24.3. The zero-order valence-electron chi connectivity index (χ0n) is 23.1. The number of rotatable bonds is 6. The van der Waals surface area contributed by atoms with Gasteiger partial charge in [0.2, 0.25) is 5.69 Å². The molecule has 0 amide bonds. The summed E-state index contributed by atoms with van der Waals surface area (Å²) in [5.41, 5.74) is 8.84. The maximum atomic E-state index is 8.83. The van der Waals surface area contributed by atoms with Gasteiger partial charge in [0.25, 0.3) is 0 Å². The third-order valence-electron chi connectivity index (χ3n) is 7.33. The van der Waals surface area contributed by atoms with Crippen LogP contribution in [-0.4, -0.2) is 0 Å². The second-order valence-electron chi connectivity index (χ2n) is 10.8. The molecule has 0 atom stereocenters. The van der Waals surface area contributed by atoms with Gasteiger partial charge >= 0.3 is 0 Å². The number of nitrogens with zero attached hydrogens (tertiary/aromatic N) is 1. The lowest BCUT2D eigenvalue weighted by atomic mass is 9.79. The Hall–Kier alpha value is -2.93. The predicted octanol–water partition coefficient (Wildman–Crippen LogP) is 8.83. The Morgan fingerprint density at radius 2 is 1.44 bits per heavy atom. The van der Waals surface area contributed by atoms with Gasteiger partial charge in [0.1, 0.15) is 8.42 Å². The van der Waals surface area contributed by atoms with E-state index >= 15 is 0 Å². The number of benzene rings is 3. The smallest absolute Gasteiger partial charge is 0.200 e. The zero-order valence-corrected chi connectivity index (χ0v) is 22.1.